The number of hydrogen-bond acceptors (Lipinski definition) is 2. The van der Waals surface area contributed by atoms with Gasteiger partial charge in [-0.05, 0) is 51.1 Å². The Morgan fingerprint density at radius 2 is 2.00 bits per heavy atom. The normalized spacial score (nSPS) is 27.0. The molecule has 0 amide bonds. The molecule has 0 aromatic rings. The van der Waals surface area contributed by atoms with Crippen LogP contribution < -0.4 is 0 Å². The summed E-state index contributed by atoms with van der Waals surface area (Å²) in [5.74, 6) is 1.74. The Morgan fingerprint density at radius 1 is 1.29 bits per heavy atom. The van der Waals surface area contributed by atoms with E-state index in [0.717, 1.165) is 37.3 Å². The molecule has 2 unspecified atom stereocenters. The molecular formula is C12H25NO. The molecule has 2 heteroatoms. The topological polar surface area (TPSA) is 23.5 Å². The van der Waals surface area contributed by atoms with E-state index < -0.39 is 0 Å². The van der Waals surface area contributed by atoms with Crippen LogP contribution in [0, 0.1) is 11.8 Å². The molecule has 1 aliphatic carbocycles. The Balaban J connectivity index is 2.20. The molecule has 14 heavy (non-hydrogen) atoms. The lowest BCUT2D eigenvalue weighted by atomic mass is 9.72. The van der Waals surface area contributed by atoms with Gasteiger partial charge in [-0.3, -0.25) is 0 Å². The Hall–Kier alpha value is -0.0800. The second-order valence-electron chi connectivity index (χ2n) is 4.96. The molecule has 1 saturated carbocycles. The molecule has 2 nitrogen and oxygen atoms in total. The molecule has 0 heterocycles. The fraction of sp³-hybridized carbons (Fsp3) is 1.00. The summed E-state index contributed by atoms with van der Waals surface area (Å²) in [7, 11) is 2.23. The van der Waals surface area contributed by atoms with Gasteiger partial charge in [-0.15, -0.1) is 0 Å². The quantitative estimate of drug-likeness (QED) is 0.662. The highest BCUT2D eigenvalue weighted by atomic mass is 16.2. The van der Waals surface area contributed by atoms with Gasteiger partial charge in [0.05, 0.1) is 0 Å². The van der Waals surface area contributed by atoms with E-state index in [4.69, 9.17) is 5.11 Å². The van der Waals surface area contributed by atoms with Gasteiger partial charge >= 0.3 is 0 Å². The smallest absolute Gasteiger partial charge is 0.0431 e. The van der Waals surface area contributed by atoms with Crippen molar-refractivity contribution in [3.05, 3.63) is 0 Å². The molecule has 1 fully saturated rings. The van der Waals surface area contributed by atoms with Gasteiger partial charge in [-0.1, -0.05) is 13.8 Å². The minimum atomic E-state index is 0.339. The molecule has 0 radical (unpaired) electrons. The Bertz CT molecular complexity index is 158. The predicted molar refractivity (Wildman–Crippen MR) is 60.3 cm³/mol. The van der Waals surface area contributed by atoms with E-state index in [2.05, 4.69) is 25.8 Å². The largest absolute Gasteiger partial charge is 0.396 e. The first-order valence-electron chi connectivity index (χ1n) is 5.98. The zero-order valence-electron chi connectivity index (χ0n) is 9.87. The van der Waals surface area contributed by atoms with Crippen LogP contribution in [0.4, 0.5) is 0 Å². The molecular weight excluding hydrogens is 174 g/mol. The van der Waals surface area contributed by atoms with Gasteiger partial charge in [0.1, 0.15) is 0 Å². The second-order valence-corrected chi connectivity index (χ2v) is 4.96. The third-order valence-corrected chi connectivity index (χ3v) is 3.63. The van der Waals surface area contributed by atoms with Gasteiger partial charge in [-0.25, -0.2) is 0 Å². The highest BCUT2D eigenvalue weighted by molar-refractivity contribution is 4.89. The molecule has 0 aromatic carbocycles. The predicted octanol–water partition coefficient (Wildman–Crippen LogP) is 2.13. The fourth-order valence-corrected chi connectivity index (χ4v) is 2.47. The van der Waals surface area contributed by atoms with E-state index in [1.807, 2.05) is 0 Å². The number of nitrogens with zero attached hydrogens (tertiary/aromatic N) is 1. The molecule has 1 rings (SSSR count). The van der Waals surface area contributed by atoms with Gasteiger partial charge in [0.15, 0.2) is 0 Å². The summed E-state index contributed by atoms with van der Waals surface area (Å²) in [4.78, 5) is 2.49. The van der Waals surface area contributed by atoms with E-state index >= 15 is 0 Å². The van der Waals surface area contributed by atoms with Crippen molar-refractivity contribution in [3.8, 4) is 0 Å². The molecule has 0 aliphatic heterocycles. The Kier molecular flexibility index (Phi) is 4.90. The highest BCUT2D eigenvalue weighted by Crippen LogP contribution is 2.36. The molecule has 0 spiro atoms. The van der Waals surface area contributed by atoms with E-state index in [0.29, 0.717) is 6.61 Å². The van der Waals surface area contributed by atoms with Crippen LogP contribution >= 0.6 is 0 Å². The SMILES string of the molecule is CC(C)C1CCC1N(C)CCCCO. The van der Waals surface area contributed by atoms with Crippen LogP contribution in [0.25, 0.3) is 0 Å². The summed E-state index contributed by atoms with van der Waals surface area (Å²) in [6.45, 7) is 6.15. The maximum absolute atomic E-state index is 8.71. The first kappa shape index (κ1) is 12.0. The van der Waals surface area contributed by atoms with Gasteiger partial charge in [0.2, 0.25) is 0 Å². The van der Waals surface area contributed by atoms with Gasteiger partial charge in [0, 0.05) is 12.6 Å². The maximum atomic E-state index is 8.71. The molecule has 1 N–H and O–H groups in total. The van der Waals surface area contributed by atoms with E-state index in [1.165, 1.54) is 12.8 Å². The average Bonchev–Trinajstić information content (AvgIpc) is 2.01. The first-order chi connectivity index (χ1) is 6.66. The van der Waals surface area contributed by atoms with Crippen LogP contribution in [0.3, 0.4) is 0 Å². The minimum absolute atomic E-state index is 0.339. The maximum Gasteiger partial charge on any atom is 0.0431 e. The monoisotopic (exact) mass is 199 g/mol. The molecule has 0 saturated heterocycles. The van der Waals surface area contributed by atoms with Crippen LogP contribution in [0.2, 0.25) is 0 Å². The summed E-state index contributed by atoms with van der Waals surface area (Å²) >= 11 is 0. The van der Waals surface area contributed by atoms with Crippen molar-refractivity contribution >= 4 is 0 Å². The molecule has 2 atom stereocenters. The fourth-order valence-electron chi connectivity index (χ4n) is 2.47. The van der Waals surface area contributed by atoms with Crippen LogP contribution in [0.5, 0.6) is 0 Å². The first-order valence-corrected chi connectivity index (χ1v) is 5.98. The van der Waals surface area contributed by atoms with E-state index in [9.17, 15) is 0 Å². The third-order valence-electron chi connectivity index (χ3n) is 3.63. The second kappa shape index (κ2) is 5.72. The van der Waals surface area contributed by atoms with Gasteiger partial charge < -0.3 is 10.0 Å². The van der Waals surface area contributed by atoms with Gasteiger partial charge in [0.25, 0.3) is 0 Å². The summed E-state index contributed by atoms with van der Waals surface area (Å²) in [5, 5.41) is 8.71. The minimum Gasteiger partial charge on any atom is -0.396 e. The lowest BCUT2D eigenvalue weighted by Crippen LogP contribution is -2.47. The Labute approximate surface area is 88.3 Å². The van der Waals surface area contributed by atoms with Crippen molar-refractivity contribution in [1.82, 2.24) is 4.90 Å². The van der Waals surface area contributed by atoms with Crippen molar-refractivity contribution in [3.63, 3.8) is 0 Å². The summed E-state index contributed by atoms with van der Waals surface area (Å²) in [6.07, 6.45) is 4.86. The lowest BCUT2D eigenvalue weighted by Gasteiger charge is -2.45. The molecule has 84 valence electrons. The standard InChI is InChI=1S/C12H25NO/c1-10(2)11-6-7-12(11)13(3)8-4-5-9-14/h10-12,14H,4-9H2,1-3H3. The summed E-state index contributed by atoms with van der Waals surface area (Å²) < 4.78 is 0. The van der Waals surface area contributed by atoms with Crippen molar-refractivity contribution in [2.75, 3.05) is 20.2 Å². The van der Waals surface area contributed by atoms with E-state index in [1.54, 1.807) is 0 Å². The number of unbranched alkanes of at least 4 members (excludes halogenated alkanes) is 1. The average molecular weight is 199 g/mol. The van der Waals surface area contributed by atoms with Gasteiger partial charge in [-0.2, -0.15) is 0 Å². The molecule has 1 aliphatic rings. The van der Waals surface area contributed by atoms with Crippen LogP contribution in [0.15, 0.2) is 0 Å². The highest BCUT2D eigenvalue weighted by Gasteiger charge is 2.35. The zero-order chi connectivity index (χ0) is 10.6. The van der Waals surface area contributed by atoms with Crippen LogP contribution in [0.1, 0.15) is 39.5 Å². The van der Waals surface area contributed by atoms with Crippen molar-refractivity contribution in [1.29, 1.82) is 0 Å². The Morgan fingerprint density at radius 3 is 2.43 bits per heavy atom. The summed E-state index contributed by atoms with van der Waals surface area (Å²) in [6, 6.07) is 0.814. The number of rotatable bonds is 6. The van der Waals surface area contributed by atoms with E-state index in [-0.39, 0.29) is 0 Å². The summed E-state index contributed by atoms with van der Waals surface area (Å²) in [5.41, 5.74) is 0. The molecule has 0 aromatic heterocycles. The van der Waals surface area contributed by atoms with Crippen molar-refractivity contribution in [2.24, 2.45) is 11.8 Å². The number of hydrogen-bond donors (Lipinski definition) is 1. The van der Waals surface area contributed by atoms with Crippen molar-refractivity contribution < 1.29 is 5.11 Å². The van der Waals surface area contributed by atoms with Crippen molar-refractivity contribution in [2.45, 2.75) is 45.6 Å². The lowest BCUT2D eigenvalue weighted by molar-refractivity contribution is 0.0521. The third kappa shape index (κ3) is 2.96. The van der Waals surface area contributed by atoms with Crippen LogP contribution in [-0.4, -0.2) is 36.2 Å². The van der Waals surface area contributed by atoms with Crippen LogP contribution in [-0.2, 0) is 0 Å². The number of aliphatic hydroxyl groups excluding tert-OH is 1. The zero-order valence-corrected chi connectivity index (χ0v) is 9.87. The number of aliphatic hydroxyl groups is 1. The molecule has 0 bridgehead atoms.